The second kappa shape index (κ2) is 7.46. The van der Waals surface area contributed by atoms with Gasteiger partial charge < -0.3 is 10.4 Å². The first-order chi connectivity index (χ1) is 12.0. The van der Waals surface area contributed by atoms with Crippen LogP contribution in [0.1, 0.15) is 47.8 Å². The van der Waals surface area contributed by atoms with Crippen LogP contribution in [0.3, 0.4) is 0 Å². The fourth-order valence-electron chi connectivity index (χ4n) is 3.12. The van der Waals surface area contributed by atoms with Crippen molar-refractivity contribution in [3.8, 4) is 0 Å². The number of nitrogens with zero attached hydrogens (tertiary/aromatic N) is 2. The monoisotopic (exact) mass is 345 g/mol. The van der Waals surface area contributed by atoms with Crippen molar-refractivity contribution < 1.29 is 19.1 Å². The highest BCUT2D eigenvalue weighted by molar-refractivity contribution is 5.94. The summed E-state index contributed by atoms with van der Waals surface area (Å²) in [7, 11) is 0. The van der Waals surface area contributed by atoms with Gasteiger partial charge in [0.15, 0.2) is 0 Å². The van der Waals surface area contributed by atoms with Gasteiger partial charge in [-0.15, -0.1) is 0 Å². The van der Waals surface area contributed by atoms with Crippen LogP contribution in [0.4, 0.5) is 4.39 Å². The molecule has 1 aliphatic carbocycles. The Balaban J connectivity index is 1.66. The summed E-state index contributed by atoms with van der Waals surface area (Å²) in [5, 5.41) is 16.1. The molecule has 0 aliphatic heterocycles. The molecule has 0 saturated heterocycles. The van der Waals surface area contributed by atoms with E-state index in [9.17, 15) is 19.1 Å². The van der Waals surface area contributed by atoms with E-state index in [0.29, 0.717) is 11.6 Å². The van der Waals surface area contributed by atoms with Gasteiger partial charge in [0.05, 0.1) is 6.04 Å². The van der Waals surface area contributed by atoms with Gasteiger partial charge in [-0.25, -0.2) is 9.18 Å². The van der Waals surface area contributed by atoms with Crippen LogP contribution in [0.15, 0.2) is 36.5 Å². The maximum absolute atomic E-state index is 12.9. The predicted molar refractivity (Wildman–Crippen MR) is 88.7 cm³/mol. The van der Waals surface area contributed by atoms with Crippen LogP contribution in [0.2, 0.25) is 0 Å². The van der Waals surface area contributed by atoms with Gasteiger partial charge in [0.1, 0.15) is 17.6 Å². The van der Waals surface area contributed by atoms with E-state index in [2.05, 4.69) is 10.4 Å². The smallest absolute Gasteiger partial charge is 0.326 e. The van der Waals surface area contributed by atoms with Gasteiger partial charge in [-0.1, -0.05) is 25.0 Å². The Morgan fingerprint density at radius 2 is 1.92 bits per heavy atom. The van der Waals surface area contributed by atoms with Crippen molar-refractivity contribution in [1.29, 1.82) is 0 Å². The quantitative estimate of drug-likeness (QED) is 0.843. The maximum atomic E-state index is 12.9. The Labute approximate surface area is 144 Å². The molecule has 132 valence electrons. The van der Waals surface area contributed by atoms with E-state index in [1.807, 2.05) is 0 Å². The van der Waals surface area contributed by atoms with Crippen LogP contribution in [0, 0.1) is 5.82 Å². The summed E-state index contributed by atoms with van der Waals surface area (Å²) in [6, 6.07) is 6.35. The van der Waals surface area contributed by atoms with Crippen molar-refractivity contribution in [3.63, 3.8) is 0 Å². The molecule has 1 amide bonds. The van der Waals surface area contributed by atoms with Crippen LogP contribution in [0.5, 0.6) is 0 Å². The number of hydrogen-bond acceptors (Lipinski definition) is 3. The molecule has 1 fully saturated rings. The fraction of sp³-hybridized carbons (Fsp3) is 0.389. The molecule has 1 aromatic heterocycles. The maximum Gasteiger partial charge on any atom is 0.326 e. The van der Waals surface area contributed by atoms with Crippen molar-refractivity contribution in [2.45, 2.75) is 44.2 Å². The Morgan fingerprint density at radius 3 is 2.56 bits per heavy atom. The zero-order chi connectivity index (χ0) is 17.8. The Hall–Kier alpha value is -2.70. The number of carbonyl (C=O) groups is 2. The van der Waals surface area contributed by atoms with Crippen molar-refractivity contribution in [3.05, 3.63) is 53.6 Å². The molecule has 0 radical (unpaired) electrons. The normalized spacial score (nSPS) is 15.9. The largest absolute Gasteiger partial charge is 0.480 e. The standard InChI is InChI=1S/C18H20FN3O3/c19-13-7-5-12(6-8-13)11-16(18(24)25)20-17(23)15-9-10-22(21-15)14-3-1-2-4-14/h5-10,14,16H,1-4,11H2,(H,20,23)(H,24,25)/t16-/m1/s1. The summed E-state index contributed by atoms with van der Waals surface area (Å²) in [5.41, 5.74) is 0.836. The average Bonchev–Trinajstić information content (AvgIpc) is 3.27. The second-order valence-corrected chi connectivity index (χ2v) is 6.31. The van der Waals surface area contributed by atoms with Gasteiger partial charge in [-0.3, -0.25) is 9.48 Å². The van der Waals surface area contributed by atoms with Crippen LogP contribution in [-0.2, 0) is 11.2 Å². The molecule has 0 unspecified atom stereocenters. The summed E-state index contributed by atoms with van der Waals surface area (Å²) < 4.78 is 14.7. The number of halogens is 1. The SMILES string of the molecule is O=C(N[C@H](Cc1ccc(F)cc1)C(=O)O)c1ccn(C2CCCC2)n1. The van der Waals surface area contributed by atoms with E-state index in [1.54, 1.807) is 16.9 Å². The molecular weight excluding hydrogens is 325 g/mol. The van der Waals surface area contributed by atoms with Crippen LogP contribution < -0.4 is 5.32 Å². The molecule has 1 aliphatic rings. The van der Waals surface area contributed by atoms with Crippen molar-refractivity contribution in [2.75, 3.05) is 0 Å². The summed E-state index contributed by atoms with van der Waals surface area (Å²) in [5.74, 6) is -2.06. The number of carboxylic acids is 1. The van der Waals surface area contributed by atoms with Crippen LogP contribution >= 0.6 is 0 Å². The number of hydrogen-bond donors (Lipinski definition) is 2. The molecule has 1 heterocycles. The molecule has 0 bridgehead atoms. The number of benzene rings is 1. The van der Waals surface area contributed by atoms with Crippen molar-refractivity contribution in [1.82, 2.24) is 15.1 Å². The van der Waals surface area contributed by atoms with E-state index < -0.39 is 23.7 Å². The molecule has 0 spiro atoms. The fourth-order valence-corrected chi connectivity index (χ4v) is 3.12. The van der Waals surface area contributed by atoms with E-state index in [-0.39, 0.29) is 12.1 Å². The highest BCUT2D eigenvalue weighted by Crippen LogP contribution is 2.28. The first kappa shape index (κ1) is 17.1. The number of carbonyl (C=O) groups excluding carboxylic acids is 1. The third kappa shape index (κ3) is 4.23. The molecule has 6 nitrogen and oxygen atoms in total. The Morgan fingerprint density at radius 1 is 1.24 bits per heavy atom. The first-order valence-corrected chi connectivity index (χ1v) is 8.36. The average molecular weight is 345 g/mol. The minimum atomic E-state index is -1.15. The van der Waals surface area contributed by atoms with Crippen molar-refractivity contribution >= 4 is 11.9 Å². The zero-order valence-corrected chi connectivity index (χ0v) is 13.7. The summed E-state index contributed by atoms with van der Waals surface area (Å²) in [4.78, 5) is 23.8. The summed E-state index contributed by atoms with van der Waals surface area (Å²) >= 11 is 0. The molecular formula is C18H20FN3O3. The number of aromatic nitrogens is 2. The number of amides is 1. The second-order valence-electron chi connectivity index (χ2n) is 6.31. The lowest BCUT2D eigenvalue weighted by Gasteiger charge is -2.14. The van der Waals surface area contributed by atoms with Gasteiger partial charge in [0.25, 0.3) is 5.91 Å². The number of carboxylic acid groups (broad SMARTS) is 1. The third-order valence-electron chi connectivity index (χ3n) is 4.50. The molecule has 2 aromatic rings. The van der Waals surface area contributed by atoms with Gasteiger partial charge in [0, 0.05) is 12.6 Å². The number of aliphatic carboxylic acids is 1. The minimum absolute atomic E-state index is 0.0741. The van der Waals surface area contributed by atoms with Gasteiger partial charge in [0.2, 0.25) is 0 Å². The van der Waals surface area contributed by atoms with Gasteiger partial charge in [-0.05, 0) is 36.6 Å². The van der Waals surface area contributed by atoms with Gasteiger partial charge >= 0.3 is 5.97 Å². The molecule has 7 heteroatoms. The zero-order valence-electron chi connectivity index (χ0n) is 13.7. The summed E-state index contributed by atoms with van der Waals surface area (Å²) in [6.45, 7) is 0. The highest BCUT2D eigenvalue weighted by Gasteiger charge is 2.24. The molecule has 3 rings (SSSR count). The molecule has 1 atom stereocenters. The van der Waals surface area contributed by atoms with E-state index >= 15 is 0 Å². The Kier molecular flexibility index (Phi) is 5.11. The molecule has 2 N–H and O–H groups in total. The van der Waals surface area contributed by atoms with Gasteiger partial charge in [-0.2, -0.15) is 5.10 Å². The highest BCUT2D eigenvalue weighted by atomic mass is 19.1. The summed E-state index contributed by atoms with van der Waals surface area (Å²) in [6.07, 6.45) is 6.25. The number of rotatable bonds is 6. The predicted octanol–water partition coefficient (Wildman–Crippen LogP) is 2.56. The lowest BCUT2D eigenvalue weighted by Crippen LogP contribution is -2.42. The Bertz CT molecular complexity index is 751. The van der Waals surface area contributed by atoms with Crippen LogP contribution in [0.25, 0.3) is 0 Å². The van der Waals surface area contributed by atoms with Crippen LogP contribution in [-0.4, -0.2) is 32.8 Å². The first-order valence-electron chi connectivity index (χ1n) is 8.36. The van der Waals surface area contributed by atoms with E-state index in [0.717, 1.165) is 25.7 Å². The topological polar surface area (TPSA) is 84.2 Å². The lowest BCUT2D eigenvalue weighted by atomic mass is 10.1. The molecule has 25 heavy (non-hydrogen) atoms. The third-order valence-corrected chi connectivity index (χ3v) is 4.50. The molecule has 1 saturated carbocycles. The lowest BCUT2D eigenvalue weighted by molar-refractivity contribution is -0.139. The van der Waals surface area contributed by atoms with E-state index in [1.165, 1.54) is 24.3 Å². The van der Waals surface area contributed by atoms with Crippen molar-refractivity contribution in [2.24, 2.45) is 0 Å². The molecule has 1 aromatic carbocycles. The van der Waals surface area contributed by atoms with E-state index in [4.69, 9.17) is 0 Å². The minimum Gasteiger partial charge on any atom is -0.480 e. The number of nitrogens with one attached hydrogen (secondary N) is 1.